The first kappa shape index (κ1) is 52.4. The summed E-state index contributed by atoms with van der Waals surface area (Å²) in [6, 6.07) is -10.4. The molecule has 0 bridgehead atoms. The Labute approximate surface area is 339 Å². The maximum atomic E-state index is 13.4. The summed E-state index contributed by atoms with van der Waals surface area (Å²) < 4.78 is 0. The average Bonchev–Trinajstić information content (AvgIpc) is 3.13. The summed E-state index contributed by atoms with van der Waals surface area (Å²) in [6.45, 7) is 0.329. The summed E-state index contributed by atoms with van der Waals surface area (Å²) in [7, 11) is 0. The quantitative estimate of drug-likeness (QED) is 0.0325. The first-order valence-corrected chi connectivity index (χ1v) is 17.8. The van der Waals surface area contributed by atoms with Crippen LogP contribution < -0.4 is 48.3 Å². The number of carbonyl (C=O) groups excluding carboxylic acids is 8. The smallest absolute Gasteiger partial charge is 0.327 e. The summed E-state index contributed by atoms with van der Waals surface area (Å²) in [5.74, 6) is -18.1. The van der Waals surface area contributed by atoms with Crippen molar-refractivity contribution in [2.45, 2.75) is 82.2 Å². The lowest BCUT2D eigenvalue weighted by molar-refractivity contribution is -0.142. The monoisotopic (exact) mass is 865 g/mol. The van der Waals surface area contributed by atoms with E-state index in [0.29, 0.717) is 0 Å². The highest BCUT2D eigenvalue weighted by Gasteiger charge is 2.34. The summed E-state index contributed by atoms with van der Waals surface area (Å²) >= 11 is 3.78. The Kier molecular flexibility index (Phi) is 23.4. The first-order valence-electron chi connectivity index (χ1n) is 17.2. The normalized spacial score (nSPS) is 13.6. The molecule has 0 fully saturated rings. The fraction of sp³-hybridized carbons (Fsp3) is 0.581. The zero-order chi connectivity index (χ0) is 45.6. The van der Waals surface area contributed by atoms with Crippen molar-refractivity contribution in [3.63, 3.8) is 0 Å². The molecule has 8 amide bonds. The molecular formula is C31H47N9O18S. The lowest BCUT2D eigenvalue weighted by atomic mass is 10.0. The third-order valence-electron chi connectivity index (χ3n) is 7.45. The third-order valence-corrected chi connectivity index (χ3v) is 7.81. The Bertz CT molecular complexity index is 1630. The summed E-state index contributed by atoms with van der Waals surface area (Å²) in [6.07, 6.45) is -4.56. The van der Waals surface area contributed by atoms with Crippen molar-refractivity contribution in [3.05, 3.63) is 0 Å². The van der Waals surface area contributed by atoms with E-state index in [1.807, 2.05) is 26.6 Å². The zero-order valence-corrected chi connectivity index (χ0v) is 32.4. The molecule has 0 saturated carbocycles. The molecular weight excluding hydrogens is 818 g/mol. The molecule has 0 rings (SSSR count). The topological polar surface area (TPSA) is 445 Å². The predicted molar refractivity (Wildman–Crippen MR) is 197 cm³/mol. The standard InChI is InChI=1S/C31H47N9O18S/c1-12(2)25(30(56)39-15(6-23(48)49)27(53)34-10-20(43)37-17(11-59)31(57)58)40-28(54)13(3-4-21(44)45)38-29(55)16(7-24(50)51)36-19(42)9-33-26(52)14(5-22(46)47)35-18(41)8-32/h12-17,25,59H,3-11,32H2,1-2H3,(H,33,52)(H,34,53)(H,35,41)(H,36,42)(H,37,43)(H,38,55)(H,39,56)(H,40,54)(H,44,45)(H,46,47)(H,48,49)(H,50,51)(H,57,58)/t13-,14-,15-,16-,17-,25-/m0/s1. The van der Waals surface area contributed by atoms with Gasteiger partial charge in [0.2, 0.25) is 47.3 Å². The van der Waals surface area contributed by atoms with Crippen LogP contribution in [0.5, 0.6) is 0 Å². The van der Waals surface area contributed by atoms with E-state index >= 15 is 0 Å². The Morgan fingerprint density at radius 2 is 0.881 bits per heavy atom. The van der Waals surface area contributed by atoms with Crippen LogP contribution in [-0.2, 0) is 62.3 Å². The fourth-order valence-electron chi connectivity index (χ4n) is 4.52. The largest absolute Gasteiger partial charge is 0.481 e. The number of nitrogens with two attached hydrogens (primary N) is 1. The third kappa shape index (κ3) is 21.5. The molecule has 15 N–H and O–H groups in total. The molecule has 0 spiro atoms. The van der Waals surface area contributed by atoms with Crippen LogP contribution in [0.15, 0.2) is 0 Å². The maximum absolute atomic E-state index is 13.4. The molecule has 0 aromatic carbocycles. The van der Waals surface area contributed by atoms with Gasteiger partial charge in [0.25, 0.3) is 0 Å². The van der Waals surface area contributed by atoms with Crippen molar-refractivity contribution >= 4 is 89.7 Å². The van der Waals surface area contributed by atoms with Crippen molar-refractivity contribution in [2.24, 2.45) is 11.7 Å². The first-order chi connectivity index (χ1) is 27.4. The van der Waals surface area contributed by atoms with Crippen molar-refractivity contribution in [3.8, 4) is 0 Å². The molecule has 0 aliphatic heterocycles. The average molecular weight is 866 g/mol. The fourth-order valence-corrected chi connectivity index (χ4v) is 4.77. The number of amides is 8. The summed E-state index contributed by atoms with van der Waals surface area (Å²) in [4.78, 5) is 158. The van der Waals surface area contributed by atoms with Gasteiger partial charge in [-0.2, -0.15) is 12.6 Å². The second kappa shape index (κ2) is 26.4. The highest BCUT2D eigenvalue weighted by molar-refractivity contribution is 7.80. The van der Waals surface area contributed by atoms with Gasteiger partial charge in [-0.25, -0.2) is 4.79 Å². The Morgan fingerprint density at radius 3 is 1.27 bits per heavy atom. The maximum Gasteiger partial charge on any atom is 0.327 e. The van der Waals surface area contributed by atoms with E-state index in [0.717, 1.165) is 0 Å². The van der Waals surface area contributed by atoms with Crippen molar-refractivity contribution < 1.29 is 87.9 Å². The van der Waals surface area contributed by atoms with Crippen LogP contribution in [0.3, 0.4) is 0 Å². The number of carboxylic acids is 5. The lowest BCUT2D eigenvalue weighted by Gasteiger charge is -2.27. The van der Waals surface area contributed by atoms with Crippen LogP contribution >= 0.6 is 12.6 Å². The van der Waals surface area contributed by atoms with Crippen LogP contribution in [0, 0.1) is 5.92 Å². The van der Waals surface area contributed by atoms with E-state index in [-0.39, 0.29) is 5.75 Å². The second-order valence-corrected chi connectivity index (χ2v) is 13.0. The van der Waals surface area contributed by atoms with Gasteiger partial charge in [0.1, 0.15) is 36.3 Å². The number of hydrogen-bond donors (Lipinski definition) is 15. The molecule has 0 aromatic heterocycles. The van der Waals surface area contributed by atoms with Crippen molar-refractivity contribution in [1.29, 1.82) is 0 Å². The van der Waals surface area contributed by atoms with Crippen LogP contribution in [0.2, 0.25) is 0 Å². The number of rotatable bonds is 28. The molecule has 59 heavy (non-hydrogen) atoms. The van der Waals surface area contributed by atoms with Gasteiger partial charge in [-0.1, -0.05) is 13.8 Å². The van der Waals surface area contributed by atoms with E-state index < -0.39 is 171 Å². The Balaban J connectivity index is 6.05. The SMILES string of the molecule is CC(C)[C@H](NC(=O)[C@H](CCC(=O)O)NC(=O)[C@H](CC(=O)O)NC(=O)CNC(=O)[C@H](CC(=O)O)NC(=O)CN)C(=O)N[C@@H](CC(=O)O)C(=O)NCC(=O)N[C@@H](CS)C(=O)O. The van der Waals surface area contributed by atoms with Gasteiger partial charge >= 0.3 is 29.8 Å². The van der Waals surface area contributed by atoms with E-state index in [2.05, 4.69) is 28.6 Å². The summed E-state index contributed by atoms with van der Waals surface area (Å²) in [5.41, 5.74) is 5.14. The number of carboxylic acid groups (broad SMARTS) is 5. The van der Waals surface area contributed by atoms with Gasteiger partial charge in [0, 0.05) is 12.2 Å². The van der Waals surface area contributed by atoms with Crippen LogP contribution in [0.1, 0.15) is 46.0 Å². The molecule has 0 aromatic rings. The molecule has 0 unspecified atom stereocenters. The van der Waals surface area contributed by atoms with Gasteiger partial charge < -0.3 is 73.8 Å². The van der Waals surface area contributed by atoms with Crippen molar-refractivity contribution in [1.82, 2.24) is 42.5 Å². The molecule has 0 saturated heterocycles. The number of thiol groups is 1. The number of nitrogens with one attached hydrogen (secondary N) is 8. The molecule has 0 heterocycles. The minimum absolute atomic E-state index is 0.310. The molecule has 0 aliphatic rings. The lowest BCUT2D eigenvalue weighted by Crippen LogP contribution is -2.60. The molecule has 27 nitrogen and oxygen atoms in total. The van der Waals surface area contributed by atoms with E-state index in [4.69, 9.17) is 15.9 Å². The zero-order valence-electron chi connectivity index (χ0n) is 31.5. The molecule has 6 atom stereocenters. The van der Waals surface area contributed by atoms with Gasteiger partial charge in [0.05, 0.1) is 38.9 Å². The van der Waals surface area contributed by atoms with Crippen LogP contribution in [0.25, 0.3) is 0 Å². The van der Waals surface area contributed by atoms with Gasteiger partial charge in [0.15, 0.2) is 0 Å². The van der Waals surface area contributed by atoms with Crippen LogP contribution in [-0.4, -0.2) is 164 Å². The number of carbonyl (C=O) groups is 13. The van der Waals surface area contributed by atoms with E-state index in [9.17, 15) is 77.6 Å². The van der Waals surface area contributed by atoms with E-state index in [1.165, 1.54) is 13.8 Å². The van der Waals surface area contributed by atoms with Gasteiger partial charge in [-0.3, -0.25) is 57.5 Å². The number of hydrogen-bond acceptors (Lipinski definition) is 15. The molecule has 0 radical (unpaired) electrons. The predicted octanol–water partition coefficient (Wildman–Crippen LogP) is -6.95. The summed E-state index contributed by atoms with van der Waals surface area (Å²) in [5, 5.41) is 62.5. The number of aliphatic carboxylic acids is 5. The van der Waals surface area contributed by atoms with Gasteiger partial charge in [-0.15, -0.1) is 0 Å². The Morgan fingerprint density at radius 1 is 0.492 bits per heavy atom. The molecule has 0 aliphatic carbocycles. The second-order valence-electron chi connectivity index (χ2n) is 12.6. The van der Waals surface area contributed by atoms with Crippen LogP contribution in [0.4, 0.5) is 0 Å². The molecule has 330 valence electrons. The minimum atomic E-state index is -1.99. The highest BCUT2D eigenvalue weighted by atomic mass is 32.1. The van der Waals surface area contributed by atoms with Crippen molar-refractivity contribution in [2.75, 3.05) is 25.4 Å². The molecule has 28 heteroatoms. The highest BCUT2D eigenvalue weighted by Crippen LogP contribution is 2.08. The minimum Gasteiger partial charge on any atom is -0.481 e. The van der Waals surface area contributed by atoms with Gasteiger partial charge in [-0.05, 0) is 12.3 Å². The Hall–Kier alpha value is -6.58. The van der Waals surface area contributed by atoms with E-state index in [1.54, 1.807) is 0 Å².